The Labute approximate surface area is 167 Å². The van der Waals surface area contributed by atoms with Crippen LogP contribution in [0.25, 0.3) is 0 Å². The number of nitrogens with zero attached hydrogens (tertiary/aromatic N) is 1. The summed E-state index contributed by atoms with van der Waals surface area (Å²) < 4.78 is 46.3. The van der Waals surface area contributed by atoms with Crippen LogP contribution in [0.15, 0.2) is 47.5 Å². The molecule has 29 heavy (non-hydrogen) atoms. The molecular weight excluding hydrogens is 387 g/mol. The van der Waals surface area contributed by atoms with Crippen LogP contribution < -0.4 is 20.1 Å². The molecular formula is C20H24F3N3O3. The molecule has 0 heterocycles. The molecule has 2 aromatic rings. The van der Waals surface area contributed by atoms with Gasteiger partial charge in [0.1, 0.15) is 5.75 Å². The molecule has 3 N–H and O–H groups in total. The Morgan fingerprint density at radius 3 is 2.45 bits per heavy atom. The van der Waals surface area contributed by atoms with E-state index in [1.807, 2.05) is 6.92 Å². The van der Waals surface area contributed by atoms with Crippen LogP contribution in [0.5, 0.6) is 17.2 Å². The first-order valence-electron chi connectivity index (χ1n) is 8.98. The van der Waals surface area contributed by atoms with Crippen LogP contribution in [0.1, 0.15) is 18.1 Å². The third-order valence-electron chi connectivity index (χ3n) is 3.84. The third-order valence-corrected chi connectivity index (χ3v) is 3.84. The van der Waals surface area contributed by atoms with E-state index in [0.29, 0.717) is 36.9 Å². The van der Waals surface area contributed by atoms with Crippen molar-refractivity contribution < 1.29 is 27.8 Å². The van der Waals surface area contributed by atoms with Crippen LogP contribution in [0.3, 0.4) is 0 Å². The van der Waals surface area contributed by atoms with Gasteiger partial charge in [0.05, 0.1) is 13.7 Å². The molecule has 0 radical (unpaired) electrons. The topological polar surface area (TPSA) is 75.1 Å². The smallest absolute Gasteiger partial charge is 0.422 e. The lowest BCUT2D eigenvalue weighted by Crippen LogP contribution is -2.36. The first-order valence-corrected chi connectivity index (χ1v) is 8.98. The van der Waals surface area contributed by atoms with Gasteiger partial charge in [0, 0.05) is 18.7 Å². The molecule has 2 aromatic carbocycles. The molecule has 0 aliphatic rings. The van der Waals surface area contributed by atoms with Gasteiger partial charge in [-0.2, -0.15) is 13.2 Å². The molecule has 0 amide bonds. The summed E-state index contributed by atoms with van der Waals surface area (Å²) in [5.41, 5.74) is 1.46. The SMILES string of the molecule is CCNC(=NCc1ccc(OCC(F)(F)F)cc1)NCc1cccc(OC)c1O. The molecule has 2 rings (SSSR count). The molecule has 0 bridgehead atoms. The van der Waals surface area contributed by atoms with Crippen molar-refractivity contribution in [3.05, 3.63) is 53.6 Å². The van der Waals surface area contributed by atoms with E-state index in [1.165, 1.54) is 19.2 Å². The number of hydrogen-bond acceptors (Lipinski definition) is 4. The minimum Gasteiger partial charge on any atom is -0.504 e. The number of aliphatic imine (C=N–C) groups is 1. The summed E-state index contributed by atoms with van der Waals surface area (Å²) in [5.74, 6) is 1.13. The van der Waals surface area contributed by atoms with E-state index >= 15 is 0 Å². The highest BCUT2D eigenvalue weighted by atomic mass is 19.4. The number of ether oxygens (including phenoxy) is 2. The number of guanidine groups is 1. The predicted molar refractivity (Wildman–Crippen MR) is 104 cm³/mol. The average molecular weight is 411 g/mol. The van der Waals surface area contributed by atoms with Crippen LogP contribution in [0.2, 0.25) is 0 Å². The first kappa shape index (κ1) is 22.2. The van der Waals surface area contributed by atoms with Crippen LogP contribution >= 0.6 is 0 Å². The molecule has 0 fully saturated rings. The Morgan fingerprint density at radius 1 is 1.10 bits per heavy atom. The Hall–Kier alpha value is -3.10. The summed E-state index contributed by atoms with van der Waals surface area (Å²) >= 11 is 0. The lowest BCUT2D eigenvalue weighted by Gasteiger charge is -2.13. The largest absolute Gasteiger partial charge is 0.504 e. The lowest BCUT2D eigenvalue weighted by atomic mass is 10.2. The molecule has 0 saturated heterocycles. The van der Waals surface area contributed by atoms with Crippen molar-refractivity contribution in [3.63, 3.8) is 0 Å². The molecule has 0 spiro atoms. The fraction of sp³-hybridized carbons (Fsp3) is 0.350. The second-order valence-corrected chi connectivity index (χ2v) is 6.06. The van der Waals surface area contributed by atoms with Gasteiger partial charge in [-0.05, 0) is 30.7 Å². The number of nitrogens with one attached hydrogen (secondary N) is 2. The van der Waals surface area contributed by atoms with Crippen molar-refractivity contribution in [1.29, 1.82) is 0 Å². The number of halogens is 3. The van der Waals surface area contributed by atoms with Crippen molar-refractivity contribution >= 4 is 5.96 Å². The number of para-hydroxylation sites is 1. The highest BCUT2D eigenvalue weighted by Gasteiger charge is 2.28. The van der Waals surface area contributed by atoms with Crippen LogP contribution in [0.4, 0.5) is 13.2 Å². The summed E-state index contributed by atoms with van der Waals surface area (Å²) in [4.78, 5) is 4.45. The van der Waals surface area contributed by atoms with Gasteiger partial charge in [0.15, 0.2) is 24.1 Å². The minimum atomic E-state index is -4.37. The fourth-order valence-electron chi connectivity index (χ4n) is 2.42. The zero-order valence-corrected chi connectivity index (χ0v) is 16.2. The Kier molecular flexibility index (Phi) is 7.99. The zero-order valence-electron chi connectivity index (χ0n) is 16.2. The van der Waals surface area contributed by atoms with Gasteiger partial charge in [-0.1, -0.05) is 24.3 Å². The van der Waals surface area contributed by atoms with Crippen LogP contribution in [0, 0.1) is 0 Å². The average Bonchev–Trinajstić information content (AvgIpc) is 2.69. The van der Waals surface area contributed by atoms with Crippen molar-refractivity contribution in [3.8, 4) is 17.2 Å². The van der Waals surface area contributed by atoms with Crippen molar-refractivity contribution in [1.82, 2.24) is 10.6 Å². The Morgan fingerprint density at radius 2 is 1.83 bits per heavy atom. The molecule has 0 saturated carbocycles. The van der Waals surface area contributed by atoms with Crippen molar-refractivity contribution in [2.75, 3.05) is 20.3 Å². The number of benzene rings is 2. The van der Waals surface area contributed by atoms with E-state index in [-0.39, 0.29) is 11.5 Å². The van der Waals surface area contributed by atoms with Gasteiger partial charge in [0.2, 0.25) is 0 Å². The molecule has 0 aliphatic carbocycles. The summed E-state index contributed by atoms with van der Waals surface area (Å²) in [6.45, 7) is 1.89. The van der Waals surface area contributed by atoms with Gasteiger partial charge in [0.25, 0.3) is 0 Å². The standard InChI is InChI=1S/C20H24F3N3O3/c1-3-24-19(26-12-15-5-4-6-17(28-2)18(15)27)25-11-14-7-9-16(10-8-14)29-13-20(21,22)23/h4-10,27H,3,11-13H2,1-2H3,(H2,24,25,26). The van der Waals surface area contributed by atoms with Gasteiger partial charge in [-0.25, -0.2) is 4.99 Å². The van der Waals surface area contributed by atoms with E-state index in [9.17, 15) is 18.3 Å². The number of methoxy groups -OCH3 is 1. The molecule has 6 nitrogen and oxygen atoms in total. The quantitative estimate of drug-likeness (QED) is 0.457. The lowest BCUT2D eigenvalue weighted by molar-refractivity contribution is -0.153. The first-order chi connectivity index (χ1) is 13.8. The molecule has 0 aliphatic heterocycles. The van der Waals surface area contributed by atoms with E-state index in [0.717, 1.165) is 5.56 Å². The fourth-order valence-corrected chi connectivity index (χ4v) is 2.42. The van der Waals surface area contributed by atoms with Gasteiger partial charge in [-0.3, -0.25) is 0 Å². The number of rotatable bonds is 8. The molecule has 0 unspecified atom stereocenters. The van der Waals surface area contributed by atoms with Gasteiger partial charge in [-0.15, -0.1) is 0 Å². The maximum Gasteiger partial charge on any atom is 0.422 e. The highest BCUT2D eigenvalue weighted by Crippen LogP contribution is 2.29. The summed E-state index contributed by atoms with van der Waals surface area (Å²) in [7, 11) is 1.48. The molecule has 9 heteroatoms. The van der Waals surface area contributed by atoms with E-state index in [1.54, 1.807) is 30.3 Å². The summed E-state index contributed by atoms with van der Waals surface area (Å²) in [6, 6.07) is 11.5. The van der Waals surface area contributed by atoms with Gasteiger partial charge >= 0.3 is 6.18 Å². The third kappa shape index (κ3) is 7.44. The van der Waals surface area contributed by atoms with Crippen molar-refractivity contribution in [2.24, 2.45) is 4.99 Å². The number of aromatic hydroxyl groups is 1. The van der Waals surface area contributed by atoms with Crippen LogP contribution in [-0.4, -0.2) is 37.5 Å². The predicted octanol–water partition coefficient (Wildman–Crippen LogP) is 3.60. The number of phenolic OH excluding ortho intramolecular Hbond substituents is 1. The van der Waals surface area contributed by atoms with Gasteiger partial charge < -0.3 is 25.2 Å². The monoisotopic (exact) mass is 411 g/mol. The maximum atomic E-state index is 12.2. The molecule has 0 aromatic heterocycles. The summed E-state index contributed by atoms with van der Waals surface area (Å²) in [6.07, 6.45) is -4.37. The normalized spacial score (nSPS) is 11.8. The van der Waals surface area contributed by atoms with Crippen molar-refractivity contribution in [2.45, 2.75) is 26.2 Å². The highest BCUT2D eigenvalue weighted by molar-refractivity contribution is 5.79. The minimum absolute atomic E-state index is 0.0628. The molecule has 0 atom stereocenters. The number of phenols is 1. The Bertz CT molecular complexity index is 809. The van der Waals surface area contributed by atoms with E-state index in [2.05, 4.69) is 20.4 Å². The maximum absolute atomic E-state index is 12.2. The van der Waals surface area contributed by atoms with E-state index in [4.69, 9.17) is 4.74 Å². The van der Waals surface area contributed by atoms with Crippen LogP contribution in [-0.2, 0) is 13.1 Å². The number of alkyl halides is 3. The molecule has 158 valence electrons. The summed E-state index contributed by atoms with van der Waals surface area (Å²) in [5, 5.41) is 16.4. The Balaban J connectivity index is 1.96. The zero-order chi connectivity index (χ0) is 21.3. The number of hydrogen-bond donors (Lipinski definition) is 3. The van der Waals surface area contributed by atoms with E-state index < -0.39 is 12.8 Å². The second-order valence-electron chi connectivity index (χ2n) is 6.06. The second kappa shape index (κ2) is 10.4.